The highest BCUT2D eigenvalue weighted by atomic mass is 16.6. The highest BCUT2D eigenvalue weighted by Gasteiger charge is 2.44. The number of ether oxygens (including phenoxy) is 1. The molecular formula is C25H35N3O5. The smallest absolute Gasteiger partial charge is 0.408 e. The molecule has 0 aliphatic heterocycles. The van der Waals surface area contributed by atoms with Crippen molar-refractivity contribution in [2.75, 3.05) is 6.61 Å². The summed E-state index contributed by atoms with van der Waals surface area (Å²) in [5, 5.41) is 15.3. The minimum absolute atomic E-state index is 0.185. The van der Waals surface area contributed by atoms with Crippen LogP contribution in [0.4, 0.5) is 4.79 Å². The van der Waals surface area contributed by atoms with Crippen LogP contribution >= 0.6 is 0 Å². The van der Waals surface area contributed by atoms with Crippen LogP contribution in [-0.2, 0) is 14.3 Å². The molecule has 2 rings (SSSR count). The van der Waals surface area contributed by atoms with Crippen LogP contribution in [0.5, 0.6) is 0 Å². The zero-order chi connectivity index (χ0) is 25.0. The van der Waals surface area contributed by atoms with Gasteiger partial charge in [-0.15, -0.1) is 6.42 Å². The number of carbonyl (C=O) groups excluding carboxylic acids is 3. The average Bonchev–Trinajstić information content (AvgIpc) is 3.52. The van der Waals surface area contributed by atoms with Crippen molar-refractivity contribution in [1.82, 2.24) is 15.5 Å². The Hall–Kier alpha value is -3.05. The maximum Gasteiger partial charge on any atom is 0.408 e. The van der Waals surface area contributed by atoms with Crippen LogP contribution in [0.25, 0.3) is 0 Å². The lowest BCUT2D eigenvalue weighted by Crippen LogP contribution is -2.56. The summed E-state index contributed by atoms with van der Waals surface area (Å²) in [6.07, 6.45) is 6.08. The van der Waals surface area contributed by atoms with Gasteiger partial charge in [-0.25, -0.2) is 4.79 Å². The molecular weight excluding hydrogens is 422 g/mol. The van der Waals surface area contributed by atoms with Crippen molar-refractivity contribution in [2.45, 2.75) is 83.6 Å². The third kappa shape index (κ3) is 7.79. The number of alkyl carbamates (subject to hydrolysis) is 1. The summed E-state index contributed by atoms with van der Waals surface area (Å²) in [5.41, 5.74) is -0.0582. The molecule has 8 nitrogen and oxygen atoms in total. The van der Waals surface area contributed by atoms with Crippen LogP contribution in [0.15, 0.2) is 24.3 Å². The Bertz CT molecular complexity index is 902. The summed E-state index contributed by atoms with van der Waals surface area (Å²) in [4.78, 5) is 40.7. The fraction of sp³-hybridized carbons (Fsp3) is 0.560. The molecule has 1 fully saturated rings. The molecule has 0 saturated heterocycles. The van der Waals surface area contributed by atoms with Crippen molar-refractivity contribution >= 4 is 17.9 Å². The number of hydrogen-bond acceptors (Lipinski definition) is 5. The maximum absolute atomic E-state index is 13.5. The highest BCUT2D eigenvalue weighted by Crippen LogP contribution is 2.36. The number of aliphatic hydroxyl groups excluding tert-OH is 1. The molecule has 1 aliphatic rings. The molecule has 3 amide bonds. The van der Waals surface area contributed by atoms with Gasteiger partial charge in [0.25, 0.3) is 0 Å². The number of hydrogen-bond donors (Lipinski definition) is 3. The summed E-state index contributed by atoms with van der Waals surface area (Å²) in [5.74, 6) is 1.63. The van der Waals surface area contributed by atoms with Crippen LogP contribution in [-0.4, -0.2) is 57.7 Å². The molecule has 1 aliphatic carbocycles. The van der Waals surface area contributed by atoms with Crippen molar-refractivity contribution in [3.8, 4) is 12.3 Å². The highest BCUT2D eigenvalue weighted by molar-refractivity contribution is 5.93. The Labute approximate surface area is 196 Å². The Kier molecular flexibility index (Phi) is 8.15. The van der Waals surface area contributed by atoms with E-state index in [1.54, 1.807) is 45.0 Å². The molecule has 0 heterocycles. The van der Waals surface area contributed by atoms with Gasteiger partial charge >= 0.3 is 6.09 Å². The molecule has 33 heavy (non-hydrogen) atoms. The Balaban J connectivity index is 2.41. The first kappa shape index (κ1) is 26.2. The van der Waals surface area contributed by atoms with E-state index in [2.05, 4.69) is 16.6 Å². The van der Waals surface area contributed by atoms with Gasteiger partial charge in [0.05, 0.1) is 6.61 Å². The van der Waals surface area contributed by atoms with Gasteiger partial charge in [0.2, 0.25) is 11.8 Å². The van der Waals surface area contributed by atoms with Gasteiger partial charge in [-0.2, -0.15) is 0 Å². The molecule has 8 heteroatoms. The molecule has 0 aromatic heterocycles. The maximum atomic E-state index is 13.5. The number of amides is 3. The Morgan fingerprint density at radius 2 is 1.73 bits per heavy atom. The van der Waals surface area contributed by atoms with Gasteiger partial charge in [-0.1, -0.05) is 18.1 Å². The molecule has 0 radical (unpaired) electrons. The predicted molar refractivity (Wildman–Crippen MR) is 125 cm³/mol. The van der Waals surface area contributed by atoms with E-state index < -0.39 is 41.8 Å². The van der Waals surface area contributed by atoms with E-state index in [4.69, 9.17) is 11.2 Å². The Morgan fingerprint density at radius 3 is 2.15 bits per heavy atom. The monoisotopic (exact) mass is 457 g/mol. The number of rotatable bonds is 7. The number of nitrogens with one attached hydrogen (secondary N) is 2. The molecule has 1 aromatic carbocycles. The second-order valence-corrected chi connectivity index (χ2v) is 10.3. The average molecular weight is 458 g/mol. The summed E-state index contributed by atoms with van der Waals surface area (Å²) >= 11 is 0. The van der Waals surface area contributed by atoms with Gasteiger partial charge < -0.3 is 25.4 Å². The Morgan fingerprint density at radius 1 is 1.15 bits per heavy atom. The van der Waals surface area contributed by atoms with Gasteiger partial charge in [0.15, 0.2) is 0 Å². The van der Waals surface area contributed by atoms with Gasteiger partial charge in [0, 0.05) is 17.1 Å². The molecule has 1 aromatic rings. The number of carbonyl (C=O) groups is 3. The van der Waals surface area contributed by atoms with Crippen molar-refractivity contribution < 1.29 is 24.2 Å². The SMILES string of the molecule is C#Cc1ccc(C(C(=O)NC(C)(C)C)N(C(=O)C(CO)NC(=O)OC(C)(C)C)C2CC2)cc1. The standard InChI is InChI=1S/C25H35N3O5/c1-8-16-9-11-17(12-10-16)20(21(30)27-24(2,3)4)28(18-13-14-18)22(31)19(15-29)26-23(32)33-25(5,6)7/h1,9-12,18-20,29H,13-15H2,2-7H3,(H,26,32)(H,27,30). The second kappa shape index (κ2) is 10.3. The molecule has 0 spiro atoms. The molecule has 2 atom stereocenters. The van der Waals surface area contributed by atoms with Crippen LogP contribution in [0, 0.1) is 12.3 Å². The van der Waals surface area contributed by atoms with E-state index >= 15 is 0 Å². The van der Waals surface area contributed by atoms with Crippen molar-refractivity contribution in [1.29, 1.82) is 0 Å². The van der Waals surface area contributed by atoms with Crippen molar-refractivity contribution in [3.63, 3.8) is 0 Å². The minimum atomic E-state index is -1.25. The third-order valence-corrected chi connectivity index (χ3v) is 4.78. The molecule has 0 bridgehead atoms. The first-order chi connectivity index (χ1) is 15.3. The number of nitrogens with zero attached hydrogens (tertiary/aromatic N) is 1. The number of terminal acetylenes is 1. The summed E-state index contributed by atoms with van der Waals surface area (Å²) in [7, 11) is 0. The fourth-order valence-electron chi connectivity index (χ4n) is 3.32. The topological polar surface area (TPSA) is 108 Å². The van der Waals surface area contributed by atoms with Crippen molar-refractivity contribution in [3.05, 3.63) is 35.4 Å². The van der Waals surface area contributed by atoms with Gasteiger partial charge in [-0.3, -0.25) is 9.59 Å². The summed E-state index contributed by atoms with van der Waals surface area (Å²) in [6.45, 7) is 10.0. The number of benzene rings is 1. The van der Waals surface area contributed by atoms with Crippen LogP contribution < -0.4 is 10.6 Å². The van der Waals surface area contributed by atoms with E-state index in [0.29, 0.717) is 11.1 Å². The molecule has 3 N–H and O–H groups in total. The van der Waals surface area contributed by atoms with E-state index in [0.717, 1.165) is 12.8 Å². The zero-order valence-corrected chi connectivity index (χ0v) is 20.3. The lowest BCUT2D eigenvalue weighted by Gasteiger charge is -2.36. The molecule has 180 valence electrons. The van der Waals surface area contributed by atoms with Gasteiger partial charge in [0.1, 0.15) is 17.7 Å². The van der Waals surface area contributed by atoms with E-state index in [1.165, 1.54) is 4.90 Å². The quantitative estimate of drug-likeness (QED) is 0.545. The van der Waals surface area contributed by atoms with Gasteiger partial charge in [-0.05, 0) is 72.1 Å². The normalized spacial score (nSPS) is 15.6. The predicted octanol–water partition coefficient (Wildman–Crippen LogP) is 2.50. The van der Waals surface area contributed by atoms with Crippen molar-refractivity contribution in [2.24, 2.45) is 0 Å². The first-order valence-corrected chi connectivity index (χ1v) is 11.1. The summed E-state index contributed by atoms with van der Waals surface area (Å²) < 4.78 is 5.23. The minimum Gasteiger partial charge on any atom is -0.444 e. The number of aliphatic hydroxyl groups is 1. The largest absolute Gasteiger partial charge is 0.444 e. The summed E-state index contributed by atoms with van der Waals surface area (Å²) in [6, 6.07) is 4.48. The van der Waals surface area contributed by atoms with E-state index in [1.807, 2.05) is 20.8 Å². The lowest BCUT2D eigenvalue weighted by atomic mass is 9.99. The second-order valence-electron chi connectivity index (χ2n) is 10.3. The molecule has 1 saturated carbocycles. The van der Waals surface area contributed by atoms with E-state index in [9.17, 15) is 19.5 Å². The van der Waals surface area contributed by atoms with Crippen LogP contribution in [0.2, 0.25) is 0 Å². The van der Waals surface area contributed by atoms with Crippen LogP contribution in [0.1, 0.15) is 71.6 Å². The molecule has 2 unspecified atom stereocenters. The first-order valence-electron chi connectivity index (χ1n) is 11.1. The van der Waals surface area contributed by atoms with E-state index in [-0.39, 0.29) is 11.9 Å². The lowest BCUT2D eigenvalue weighted by molar-refractivity contribution is -0.144. The van der Waals surface area contributed by atoms with Crippen LogP contribution in [0.3, 0.4) is 0 Å². The third-order valence-electron chi connectivity index (χ3n) is 4.78. The zero-order valence-electron chi connectivity index (χ0n) is 20.3. The fourth-order valence-corrected chi connectivity index (χ4v) is 3.32.